The Bertz CT molecular complexity index is 617. The molecule has 0 amide bonds. The van der Waals surface area contributed by atoms with Gasteiger partial charge in [0.1, 0.15) is 18.3 Å². The van der Waals surface area contributed by atoms with Gasteiger partial charge in [-0.2, -0.15) is 0 Å². The van der Waals surface area contributed by atoms with E-state index in [4.69, 9.17) is 14.2 Å². The molecule has 5 unspecified atom stereocenters. The van der Waals surface area contributed by atoms with Crippen LogP contribution in [0.15, 0.2) is 23.3 Å². The number of esters is 3. The Kier molecular flexibility index (Phi) is 6.03. The van der Waals surface area contributed by atoms with E-state index in [2.05, 4.69) is 0 Å². The lowest BCUT2D eigenvalue weighted by Crippen LogP contribution is -2.35. The molecular weight excluding hydrogens is 324 g/mol. The highest BCUT2D eigenvalue weighted by Gasteiger charge is 2.47. The Morgan fingerprint density at radius 2 is 1.80 bits per heavy atom. The minimum atomic E-state index is -0.504. The molecule has 1 aliphatic heterocycles. The van der Waals surface area contributed by atoms with Crippen LogP contribution < -0.4 is 0 Å². The molecule has 25 heavy (non-hydrogen) atoms. The summed E-state index contributed by atoms with van der Waals surface area (Å²) in [4.78, 5) is 35.1. The first-order chi connectivity index (χ1) is 11.7. The van der Waals surface area contributed by atoms with Crippen molar-refractivity contribution < 1.29 is 28.6 Å². The zero-order valence-electron chi connectivity index (χ0n) is 15.4. The third-order valence-corrected chi connectivity index (χ3v) is 4.77. The van der Waals surface area contributed by atoms with Crippen molar-refractivity contribution in [3.63, 3.8) is 0 Å². The minimum Gasteiger partial charge on any atom is -0.462 e. The van der Waals surface area contributed by atoms with Gasteiger partial charge in [0, 0.05) is 26.7 Å². The van der Waals surface area contributed by atoms with Gasteiger partial charge < -0.3 is 14.2 Å². The first kappa shape index (κ1) is 19.2. The zero-order chi connectivity index (χ0) is 18.7. The van der Waals surface area contributed by atoms with Crippen LogP contribution in [0.2, 0.25) is 0 Å². The summed E-state index contributed by atoms with van der Waals surface area (Å²) in [6, 6.07) is 0. The highest BCUT2D eigenvalue weighted by Crippen LogP contribution is 2.37. The van der Waals surface area contributed by atoms with E-state index in [0.717, 1.165) is 11.1 Å². The lowest BCUT2D eigenvalue weighted by Gasteiger charge is -2.29. The van der Waals surface area contributed by atoms with Crippen molar-refractivity contribution in [2.75, 3.05) is 0 Å². The lowest BCUT2D eigenvalue weighted by molar-refractivity contribution is -0.150. The monoisotopic (exact) mass is 350 g/mol. The van der Waals surface area contributed by atoms with Crippen LogP contribution in [0.3, 0.4) is 0 Å². The smallest absolute Gasteiger partial charge is 0.309 e. The van der Waals surface area contributed by atoms with E-state index < -0.39 is 18.3 Å². The number of carbonyl (C=O) groups is 3. The van der Waals surface area contributed by atoms with E-state index in [0.29, 0.717) is 12.8 Å². The third-order valence-electron chi connectivity index (χ3n) is 4.77. The van der Waals surface area contributed by atoms with Gasteiger partial charge in [-0.05, 0) is 25.5 Å². The summed E-state index contributed by atoms with van der Waals surface area (Å²) in [6.45, 7) is 8.33. The first-order valence-corrected chi connectivity index (χ1v) is 8.58. The Balaban J connectivity index is 2.41. The second kappa shape index (κ2) is 7.85. The lowest BCUT2D eigenvalue weighted by atomic mass is 9.82. The SMILES string of the molecule is CC(=O)OC1C/C=C(/C)CC(OC(C)=O)C2C(/C=C\1C)OC(=O)C2C. The molecule has 0 aromatic heterocycles. The summed E-state index contributed by atoms with van der Waals surface area (Å²) < 4.78 is 16.4. The Morgan fingerprint density at radius 3 is 2.40 bits per heavy atom. The largest absolute Gasteiger partial charge is 0.462 e. The Morgan fingerprint density at radius 1 is 1.16 bits per heavy atom. The number of hydrogen-bond donors (Lipinski definition) is 0. The summed E-state index contributed by atoms with van der Waals surface area (Å²) in [5.41, 5.74) is 1.84. The van der Waals surface area contributed by atoms with Gasteiger partial charge in [-0.25, -0.2) is 0 Å². The number of fused-ring (bicyclic) bond motifs is 1. The van der Waals surface area contributed by atoms with Crippen LogP contribution in [0.25, 0.3) is 0 Å². The van der Waals surface area contributed by atoms with Crippen molar-refractivity contribution in [2.24, 2.45) is 11.8 Å². The fraction of sp³-hybridized carbons (Fsp3) is 0.632. The van der Waals surface area contributed by atoms with Crippen molar-refractivity contribution in [1.29, 1.82) is 0 Å². The average molecular weight is 350 g/mol. The fourth-order valence-corrected chi connectivity index (χ4v) is 3.51. The number of carbonyl (C=O) groups excluding carboxylic acids is 3. The maximum atomic E-state index is 12.1. The van der Waals surface area contributed by atoms with Crippen molar-refractivity contribution in [3.05, 3.63) is 23.3 Å². The van der Waals surface area contributed by atoms with Crippen molar-refractivity contribution in [1.82, 2.24) is 0 Å². The molecule has 0 bridgehead atoms. The van der Waals surface area contributed by atoms with Crippen LogP contribution >= 0.6 is 0 Å². The number of hydrogen-bond acceptors (Lipinski definition) is 6. The molecule has 138 valence electrons. The Labute approximate surface area is 148 Å². The van der Waals surface area contributed by atoms with Crippen molar-refractivity contribution in [2.45, 2.75) is 65.8 Å². The van der Waals surface area contributed by atoms with E-state index in [1.54, 1.807) is 6.92 Å². The van der Waals surface area contributed by atoms with Gasteiger partial charge in [0.25, 0.3) is 0 Å². The van der Waals surface area contributed by atoms with E-state index in [-0.39, 0.29) is 29.7 Å². The van der Waals surface area contributed by atoms with Gasteiger partial charge in [-0.3, -0.25) is 14.4 Å². The molecule has 0 N–H and O–H groups in total. The van der Waals surface area contributed by atoms with E-state index in [9.17, 15) is 14.4 Å². The summed E-state index contributed by atoms with van der Waals surface area (Å²) in [7, 11) is 0. The summed E-state index contributed by atoms with van der Waals surface area (Å²) in [5, 5.41) is 0. The molecule has 2 rings (SSSR count). The normalized spacial score (nSPS) is 36.8. The maximum Gasteiger partial charge on any atom is 0.309 e. The molecule has 1 heterocycles. The minimum absolute atomic E-state index is 0.272. The van der Waals surface area contributed by atoms with Gasteiger partial charge in [0.15, 0.2) is 0 Å². The summed E-state index contributed by atoms with van der Waals surface area (Å²) in [5.74, 6) is -1.68. The molecule has 0 radical (unpaired) electrons. The summed E-state index contributed by atoms with van der Waals surface area (Å²) in [6.07, 6.45) is 3.52. The number of ether oxygens (including phenoxy) is 3. The van der Waals surface area contributed by atoms with Crippen LogP contribution in [0, 0.1) is 11.8 Å². The topological polar surface area (TPSA) is 78.9 Å². The second-order valence-electron chi connectivity index (χ2n) is 6.91. The van der Waals surface area contributed by atoms with Crippen LogP contribution in [0.1, 0.15) is 47.5 Å². The van der Waals surface area contributed by atoms with Crippen molar-refractivity contribution in [3.8, 4) is 0 Å². The molecule has 6 nitrogen and oxygen atoms in total. The molecule has 0 spiro atoms. The fourth-order valence-electron chi connectivity index (χ4n) is 3.51. The molecule has 1 fully saturated rings. The maximum absolute atomic E-state index is 12.1. The summed E-state index contributed by atoms with van der Waals surface area (Å²) >= 11 is 0. The zero-order valence-corrected chi connectivity index (χ0v) is 15.4. The molecule has 1 aliphatic carbocycles. The average Bonchev–Trinajstić information content (AvgIpc) is 2.75. The second-order valence-corrected chi connectivity index (χ2v) is 6.91. The molecule has 2 aliphatic rings. The quantitative estimate of drug-likeness (QED) is 0.433. The molecule has 1 saturated heterocycles. The Hall–Kier alpha value is -2.11. The van der Waals surface area contributed by atoms with Gasteiger partial charge in [-0.15, -0.1) is 0 Å². The van der Waals surface area contributed by atoms with Crippen LogP contribution in [0.5, 0.6) is 0 Å². The predicted molar refractivity (Wildman–Crippen MR) is 90.4 cm³/mol. The van der Waals surface area contributed by atoms with Gasteiger partial charge >= 0.3 is 17.9 Å². The van der Waals surface area contributed by atoms with Crippen LogP contribution in [-0.4, -0.2) is 36.2 Å². The molecule has 0 saturated carbocycles. The number of rotatable bonds is 2. The highest BCUT2D eigenvalue weighted by molar-refractivity contribution is 5.75. The van der Waals surface area contributed by atoms with E-state index in [1.807, 2.05) is 26.0 Å². The van der Waals surface area contributed by atoms with Gasteiger partial charge in [-0.1, -0.05) is 18.6 Å². The van der Waals surface area contributed by atoms with Gasteiger partial charge in [0.05, 0.1) is 11.8 Å². The molecule has 0 aromatic rings. The van der Waals surface area contributed by atoms with E-state index in [1.165, 1.54) is 13.8 Å². The van der Waals surface area contributed by atoms with Crippen LogP contribution in [0.4, 0.5) is 0 Å². The van der Waals surface area contributed by atoms with Crippen LogP contribution in [-0.2, 0) is 28.6 Å². The predicted octanol–water partition coefficient (Wildman–Crippen LogP) is 2.71. The highest BCUT2D eigenvalue weighted by atomic mass is 16.6. The standard InChI is InChI=1S/C19H26O6/c1-10-6-7-15(23-13(4)20)11(2)9-17-18(12(3)19(22)25-17)16(8-10)24-14(5)21/h6,9,12,15-18H,7-8H2,1-5H3/b10-6-,11-9-. The molecule has 0 aromatic carbocycles. The third kappa shape index (κ3) is 4.71. The first-order valence-electron chi connectivity index (χ1n) is 8.58. The molecule has 6 heteroatoms. The van der Waals surface area contributed by atoms with Gasteiger partial charge in [0.2, 0.25) is 0 Å². The van der Waals surface area contributed by atoms with E-state index >= 15 is 0 Å². The molecular formula is C19H26O6. The van der Waals surface area contributed by atoms with Crippen molar-refractivity contribution >= 4 is 17.9 Å². The molecule has 5 atom stereocenters.